The second-order valence-corrected chi connectivity index (χ2v) is 8.63. The largest absolute Gasteiger partial charge is 0.389 e. The maximum absolute atomic E-state index is 12.9. The number of nitrogens with zero attached hydrogens (tertiary/aromatic N) is 1. The van der Waals surface area contributed by atoms with Gasteiger partial charge >= 0.3 is 0 Å². The molecular formula is C24H31ClN2O2. The zero-order valence-corrected chi connectivity index (χ0v) is 18.0. The lowest BCUT2D eigenvalue weighted by Crippen LogP contribution is -2.52. The third kappa shape index (κ3) is 5.59. The average Bonchev–Trinajstić information content (AvgIpc) is 2.71. The molecule has 2 aromatic carbocycles. The number of carbonyl (C=O) groups is 1. The maximum Gasteiger partial charge on any atom is 0.230 e. The number of piperidine rings is 1. The molecule has 2 unspecified atom stereocenters. The normalized spacial score (nSPS) is 18.8. The first-order valence-corrected chi connectivity index (χ1v) is 10.9. The van der Waals surface area contributed by atoms with E-state index >= 15 is 0 Å². The van der Waals surface area contributed by atoms with Crippen molar-refractivity contribution in [3.05, 3.63) is 65.7 Å². The molecule has 156 valence electrons. The molecular weight excluding hydrogens is 384 g/mol. The number of nitrogens with one attached hydrogen (secondary N) is 1. The molecule has 0 bridgehead atoms. The van der Waals surface area contributed by atoms with Gasteiger partial charge in [0.05, 0.1) is 16.9 Å². The molecule has 1 amide bonds. The van der Waals surface area contributed by atoms with Gasteiger partial charge in [0, 0.05) is 25.3 Å². The first-order valence-electron chi connectivity index (χ1n) is 10.4. The van der Waals surface area contributed by atoms with Crippen LogP contribution in [0.3, 0.4) is 0 Å². The molecule has 0 aromatic heterocycles. The second-order valence-electron chi connectivity index (χ2n) is 8.10. The van der Waals surface area contributed by atoms with Gasteiger partial charge in [0.25, 0.3) is 0 Å². The number of hydrogen-bond acceptors (Lipinski definition) is 3. The van der Waals surface area contributed by atoms with Crippen LogP contribution in [0.25, 0.3) is 0 Å². The molecule has 0 spiro atoms. The van der Waals surface area contributed by atoms with E-state index in [1.54, 1.807) is 0 Å². The van der Waals surface area contributed by atoms with Gasteiger partial charge in [-0.2, -0.15) is 0 Å². The monoisotopic (exact) mass is 414 g/mol. The number of anilines is 1. The Balaban J connectivity index is 1.58. The number of hydrogen-bond donors (Lipinski definition) is 2. The first-order chi connectivity index (χ1) is 13.9. The summed E-state index contributed by atoms with van der Waals surface area (Å²) in [6.45, 7) is 6.18. The van der Waals surface area contributed by atoms with Gasteiger partial charge in [0.15, 0.2) is 0 Å². The van der Waals surface area contributed by atoms with Crippen LogP contribution < -0.4 is 5.32 Å². The van der Waals surface area contributed by atoms with Gasteiger partial charge in [0.2, 0.25) is 5.91 Å². The molecule has 1 aliphatic heterocycles. The Bertz CT molecular complexity index is 804. The summed E-state index contributed by atoms with van der Waals surface area (Å²) in [5, 5.41) is 14.2. The number of aliphatic hydroxyl groups is 1. The number of alkyl halides is 1. The van der Waals surface area contributed by atoms with Gasteiger partial charge < -0.3 is 15.3 Å². The van der Waals surface area contributed by atoms with Crippen LogP contribution in [-0.4, -0.2) is 41.1 Å². The molecule has 2 N–H and O–H groups in total. The Morgan fingerprint density at radius 3 is 2.48 bits per heavy atom. The summed E-state index contributed by atoms with van der Waals surface area (Å²) >= 11 is 6.59. The van der Waals surface area contributed by atoms with Crippen molar-refractivity contribution in [1.82, 2.24) is 4.90 Å². The topological polar surface area (TPSA) is 52.6 Å². The highest BCUT2D eigenvalue weighted by Gasteiger charge is 2.42. The summed E-state index contributed by atoms with van der Waals surface area (Å²) in [6.07, 6.45) is 1.76. The lowest BCUT2D eigenvalue weighted by Gasteiger charge is -2.42. The molecule has 2 aromatic rings. The van der Waals surface area contributed by atoms with E-state index in [0.717, 1.165) is 36.4 Å². The lowest BCUT2D eigenvalue weighted by atomic mass is 9.77. The molecule has 3 rings (SSSR count). The number of halogens is 1. The van der Waals surface area contributed by atoms with Gasteiger partial charge in [-0.15, -0.1) is 11.6 Å². The molecule has 2 atom stereocenters. The highest BCUT2D eigenvalue weighted by atomic mass is 35.5. The third-order valence-electron chi connectivity index (χ3n) is 5.96. The van der Waals surface area contributed by atoms with E-state index in [0.29, 0.717) is 19.3 Å². The number of amides is 1. The summed E-state index contributed by atoms with van der Waals surface area (Å²) in [4.78, 5) is 15.2. The van der Waals surface area contributed by atoms with Crippen molar-refractivity contribution in [1.29, 1.82) is 0 Å². The van der Waals surface area contributed by atoms with Crippen LogP contribution in [0.2, 0.25) is 0 Å². The van der Waals surface area contributed by atoms with Crippen LogP contribution in [0.4, 0.5) is 5.69 Å². The Morgan fingerprint density at radius 2 is 1.86 bits per heavy atom. The van der Waals surface area contributed by atoms with Crippen LogP contribution in [-0.2, 0) is 4.79 Å². The van der Waals surface area contributed by atoms with Crippen molar-refractivity contribution in [2.24, 2.45) is 5.92 Å². The fourth-order valence-electron chi connectivity index (χ4n) is 4.23. The van der Waals surface area contributed by atoms with Gasteiger partial charge in [-0.05, 0) is 49.4 Å². The molecule has 1 fully saturated rings. The van der Waals surface area contributed by atoms with Crippen LogP contribution in [0.15, 0.2) is 54.6 Å². The van der Waals surface area contributed by atoms with E-state index in [2.05, 4.69) is 10.2 Å². The first kappa shape index (κ1) is 21.8. The van der Waals surface area contributed by atoms with Crippen molar-refractivity contribution in [3.63, 3.8) is 0 Å². The Labute approximate surface area is 178 Å². The number of benzene rings is 2. The van der Waals surface area contributed by atoms with E-state index in [1.807, 2.05) is 68.4 Å². The number of aryl methyl sites for hydroxylation is 1. The van der Waals surface area contributed by atoms with Crippen molar-refractivity contribution < 1.29 is 9.90 Å². The highest BCUT2D eigenvalue weighted by Crippen LogP contribution is 2.34. The predicted molar refractivity (Wildman–Crippen MR) is 119 cm³/mol. The van der Waals surface area contributed by atoms with Gasteiger partial charge in [-0.25, -0.2) is 0 Å². The van der Waals surface area contributed by atoms with E-state index in [1.165, 1.54) is 0 Å². The summed E-state index contributed by atoms with van der Waals surface area (Å²) in [5.41, 5.74) is 2.01. The minimum absolute atomic E-state index is 0.0750. The molecule has 5 heteroatoms. The minimum Gasteiger partial charge on any atom is -0.389 e. The number of carbonyl (C=O) groups excluding carboxylic acids is 1. The van der Waals surface area contributed by atoms with E-state index in [4.69, 9.17) is 11.6 Å². The molecule has 1 aliphatic rings. The van der Waals surface area contributed by atoms with Crippen molar-refractivity contribution in [2.45, 2.75) is 44.1 Å². The fourth-order valence-corrected chi connectivity index (χ4v) is 4.57. The predicted octanol–water partition coefficient (Wildman–Crippen LogP) is 4.77. The van der Waals surface area contributed by atoms with Gasteiger partial charge in [-0.3, -0.25) is 4.79 Å². The quantitative estimate of drug-likeness (QED) is 0.642. The standard InChI is InChI=1S/C24H31ClN2O2/c1-3-21(23(28)26-20-11-7-8-18(2)16-20)24(29)12-14-27(15-13-24)17-22(25)19-9-5-4-6-10-19/h4-11,16,21-22,29H,3,12-15,17H2,1-2H3,(H,26,28). The van der Waals surface area contributed by atoms with Crippen LogP contribution in [0, 0.1) is 12.8 Å². The van der Waals surface area contributed by atoms with Crippen molar-refractivity contribution in [3.8, 4) is 0 Å². The van der Waals surface area contributed by atoms with Crippen LogP contribution >= 0.6 is 11.6 Å². The number of likely N-dealkylation sites (tertiary alicyclic amines) is 1. The van der Waals surface area contributed by atoms with Crippen LogP contribution in [0.1, 0.15) is 42.7 Å². The third-order valence-corrected chi connectivity index (χ3v) is 6.35. The lowest BCUT2D eigenvalue weighted by molar-refractivity contribution is -0.134. The van der Waals surface area contributed by atoms with E-state index in [-0.39, 0.29) is 11.3 Å². The molecule has 0 radical (unpaired) electrons. The summed E-state index contributed by atoms with van der Waals surface area (Å²) in [7, 11) is 0. The zero-order valence-electron chi connectivity index (χ0n) is 17.3. The smallest absolute Gasteiger partial charge is 0.230 e. The van der Waals surface area contributed by atoms with Crippen molar-refractivity contribution in [2.75, 3.05) is 25.0 Å². The Kier molecular flexibility index (Phi) is 7.33. The summed E-state index contributed by atoms with van der Waals surface area (Å²) in [6, 6.07) is 17.8. The fraction of sp³-hybridized carbons (Fsp3) is 0.458. The average molecular weight is 415 g/mol. The molecule has 1 heterocycles. The molecule has 0 saturated carbocycles. The van der Waals surface area contributed by atoms with Gasteiger partial charge in [0.1, 0.15) is 0 Å². The maximum atomic E-state index is 12.9. The van der Waals surface area contributed by atoms with E-state index in [9.17, 15) is 9.90 Å². The van der Waals surface area contributed by atoms with Crippen molar-refractivity contribution >= 4 is 23.2 Å². The number of rotatable bonds is 7. The molecule has 0 aliphatic carbocycles. The SMILES string of the molecule is CCC(C(=O)Nc1cccc(C)c1)C1(O)CCN(CC(Cl)c2ccccc2)CC1. The second kappa shape index (κ2) is 9.75. The summed E-state index contributed by atoms with van der Waals surface area (Å²) in [5.74, 6) is -0.528. The van der Waals surface area contributed by atoms with Gasteiger partial charge in [-0.1, -0.05) is 49.4 Å². The molecule has 4 nitrogen and oxygen atoms in total. The van der Waals surface area contributed by atoms with E-state index < -0.39 is 11.5 Å². The Hall–Kier alpha value is -1.88. The minimum atomic E-state index is -0.978. The zero-order chi connectivity index (χ0) is 20.9. The molecule has 29 heavy (non-hydrogen) atoms. The summed E-state index contributed by atoms with van der Waals surface area (Å²) < 4.78 is 0. The Morgan fingerprint density at radius 1 is 1.17 bits per heavy atom. The highest BCUT2D eigenvalue weighted by molar-refractivity contribution is 6.21. The molecule has 1 saturated heterocycles. The van der Waals surface area contributed by atoms with Crippen LogP contribution in [0.5, 0.6) is 0 Å².